The minimum Gasteiger partial charge on any atom is -0.344 e. The maximum atomic E-state index is 4.65. The molecule has 96 valence electrons. The van der Waals surface area contributed by atoms with Gasteiger partial charge in [0.15, 0.2) is 0 Å². The van der Waals surface area contributed by atoms with Crippen molar-refractivity contribution in [1.82, 2.24) is 19.5 Å². The highest BCUT2D eigenvalue weighted by atomic mass is 32.1. The molecule has 2 aromatic heterocycles. The molecule has 2 aliphatic rings. The lowest BCUT2D eigenvalue weighted by Crippen LogP contribution is -2.50. The van der Waals surface area contributed by atoms with Gasteiger partial charge in [-0.1, -0.05) is 11.3 Å². The lowest BCUT2D eigenvalue weighted by atomic mass is 10.2. The third-order valence-electron chi connectivity index (χ3n) is 4.01. The van der Waals surface area contributed by atoms with Crippen LogP contribution in [-0.4, -0.2) is 51.7 Å². The first-order valence-electron chi connectivity index (χ1n) is 6.61. The van der Waals surface area contributed by atoms with E-state index in [0.717, 1.165) is 34.9 Å². The normalized spacial score (nSPS) is 24.9. The number of imidazole rings is 1. The van der Waals surface area contributed by atoms with Crippen molar-refractivity contribution in [1.29, 1.82) is 0 Å². The summed E-state index contributed by atoms with van der Waals surface area (Å²) in [5.41, 5.74) is 1.04. The van der Waals surface area contributed by atoms with Crippen molar-refractivity contribution in [3.63, 3.8) is 0 Å². The number of rotatable bonds is 1. The van der Waals surface area contributed by atoms with Gasteiger partial charge in [0.1, 0.15) is 0 Å². The van der Waals surface area contributed by atoms with Crippen molar-refractivity contribution in [2.75, 3.05) is 31.1 Å². The fraction of sp³-hybridized carbons (Fsp3) is 0.667. The van der Waals surface area contributed by atoms with Gasteiger partial charge < -0.3 is 4.90 Å². The molecular weight excluding hydrogens is 246 g/mol. The Kier molecular flexibility index (Phi) is 2.35. The van der Waals surface area contributed by atoms with Crippen LogP contribution in [0.2, 0.25) is 0 Å². The molecule has 2 aliphatic heterocycles. The fourth-order valence-corrected chi connectivity index (χ4v) is 4.05. The molecule has 0 bridgehead atoms. The van der Waals surface area contributed by atoms with Crippen LogP contribution in [-0.2, 0) is 0 Å². The van der Waals surface area contributed by atoms with Gasteiger partial charge in [-0.3, -0.25) is 4.90 Å². The number of nitrogens with zero attached hydrogens (tertiary/aromatic N) is 5. The fourth-order valence-electron chi connectivity index (χ4n) is 3.09. The standard InChI is InChI=1S/C12H17N5S/c1-9-7-17-11(13-9)18-12(14-17)16-6-5-15-4-2-3-10(15)8-16/h7,10H,2-6,8H2,1H3/t10-/m0/s1. The molecule has 6 heteroatoms. The van der Waals surface area contributed by atoms with Gasteiger partial charge >= 0.3 is 0 Å². The first-order chi connectivity index (χ1) is 8.79. The molecule has 0 N–H and O–H groups in total. The SMILES string of the molecule is Cc1cn2nc(N3CCN4CCC[C@H]4C3)sc2n1. The Morgan fingerprint density at radius 1 is 1.33 bits per heavy atom. The van der Waals surface area contributed by atoms with Crippen LogP contribution in [0.4, 0.5) is 5.13 Å². The Morgan fingerprint density at radius 3 is 3.17 bits per heavy atom. The number of fused-ring (bicyclic) bond motifs is 2. The Bertz CT molecular complexity index is 543. The van der Waals surface area contributed by atoms with Crippen LogP contribution in [0.3, 0.4) is 0 Å². The van der Waals surface area contributed by atoms with E-state index in [-0.39, 0.29) is 0 Å². The number of hydrogen-bond donors (Lipinski definition) is 0. The molecule has 0 aromatic carbocycles. The van der Waals surface area contributed by atoms with Crippen molar-refractivity contribution in [3.8, 4) is 0 Å². The van der Waals surface area contributed by atoms with E-state index in [1.54, 1.807) is 11.3 Å². The van der Waals surface area contributed by atoms with E-state index in [1.165, 1.54) is 25.9 Å². The highest BCUT2D eigenvalue weighted by Gasteiger charge is 2.31. The molecule has 0 amide bonds. The summed E-state index contributed by atoms with van der Waals surface area (Å²) in [4.78, 5) is 10.5. The van der Waals surface area contributed by atoms with Gasteiger partial charge in [-0.2, -0.15) is 0 Å². The van der Waals surface area contributed by atoms with Crippen LogP contribution in [0, 0.1) is 6.92 Å². The molecule has 2 saturated heterocycles. The van der Waals surface area contributed by atoms with Gasteiger partial charge in [-0.25, -0.2) is 9.50 Å². The Morgan fingerprint density at radius 2 is 2.28 bits per heavy atom. The van der Waals surface area contributed by atoms with Crippen molar-refractivity contribution < 1.29 is 0 Å². The second-order valence-electron chi connectivity index (χ2n) is 5.27. The molecule has 2 fully saturated rings. The van der Waals surface area contributed by atoms with Crippen LogP contribution in [0.25, 0.3) is 4.96 Å². The molecule has 5 nitrogen and oxygen atoms in total. The van der Waals surface area contributed by atoms with Crippen molar-refractivity contribution >= 4 is 21.4 Å². The lowest BCUT2D eigenvalue weighted by Gasteiger charge is -2.37. The summed E-state index contributed by atoms with van der Waals surface area (Å²) in [5, 5.41) is 5.78. The molecule has 0 spiro atoms. The van der Waals surface area contributed by atoms with Crippen LogP contribution < -0.4 is 4.90 Å². The summed E-state index contributed by atoms with van der Waals surface area (Å²) in [5.74, 6) is 0. The quantitative estimate of drug-likeness (QED) is 0.779. The maximum Gasteiger partial charge on any atom is 0.214 e. The van der Waals surface area contributed by atoms with E-state index in [1.807, 2.05) is 17.6 Å². The van der Waals surface area contributed by atoms with Crippen LogP contribution >= 0.6 is 11.3 Å². The number of aromatic nitrogens is 3. The molecular formula is C12H17N5S. The highest BCUT2D eigenvalue weighted by Crippen LogP contribution is 2.28. The zero-order valence-corrected chi connectivity index (χ0v) is 11.4. The summed E-state index contributed by atoms with van der Waals surface area (Å²) >= 11 is 1.71. The van der Waals surface area contributed by atoms with Crippen LogP contribution in [0.1, 0.15) is 18.5 Å². The molecule has 18 heavy (non-hydrogen) atoms. The average Bonchev–Trinajstić information content (AvgIpc) is 3.00. The second kappa shape index (κ2) is 3.93. The van der Waals surface area contributed by atoms with Gasteiger partial charge in [0.25, 0.3) is 0 Å². The zero-order valence-electron chi connectivity index (χ0n) is 10.5. The minimum absolute atomic E-state index is 0.747. The summed E-state index contributed by atoms with van der Waals surface area (Å²) in [6.45, 7) is 6.73. The Balaban J connectivity index is 1.60. The summed E-state index contributed by atoms with van der Waals surface area (Å²) in [7, 11) is 0. The van der Waals surface area contributed by atoms with Crippen molar-refractivity contribution in [2.24, 2.45) is 0 Å². The topological polar surface area (TPSA) is 36.7 Å². The van der Waals surface area contributed by atoms with Gasteiger partial charge in [0.05, 0.1) is 11.9 Å². The van der Waals surface area contributed by atoms with Crippen molar-refractivity contribution in [3.05, 3.63) is 11.9 Å². The summed E-state index contributed by atoms with van der Waals surface area (Å²) in [6, 6.07) is 0.747. The van der Waals surface area contributed by atoms with E-state index in [2.05, 4.69) is 19.9 Å². The van der Waals surface area contributed by atoms with Crippen LogP contribution in [0.15, 0.2) is 6.20 Å². The second-order valence-corrected chi connectivity index (χ2v) is 6.21. The van der Waals surface area contributed by atoms with E-state index < -0.39 is 0 Å². The molecule has 0 saturated carbocycles. The molecule has 0 radical (unpaired) electrons. The third kappa shape index (κ3) is 1.63. The van der Waals surface area contributed by atoms with E-state index in [9.17, 15) is 0 Å². The number of anilines is 1. The first kappa shape index (κ1) is 10.8. The van der Waals surface area contributed by atoms with Crippen LogP contribution in [0.5, 0.6) is 0 Å². The molecule has 4 heterocycles. The third-order valence-corrected chi connectivity index (χ3v) is 4.99. The molecule has 0 unspecified atom stereocenters. The molecule has 0 aliphatic carbocycles. The molecule has 4 rings (SSSR count). The van der Waals surface area contributed by atoms with Gasteiger partial charge in [-0.05, 0) is 26.3 Å². The number of hydrogen-bond acceptors (Lipinski definition) is 5. The summed E-state index contributed by atoms with van der Waals surface area (Å²) < 4.78 is 1.91. The lowest BCUT2D eigenvalue weighted by molar-refractivity contribution is 0.230. The Labute approximate surface area is 110 Å². The Hall–Kier alpha value is -1.14. The minimum atomic E-state index is 0.747. The van der Waals surface area contributed by atoms with Gasteiger partial charge in [-0.15, -0.1) is 5.10 Å². The summed E-state index contributed by atoms with van der Waals surface area (Å²) in [6.07, 6.45) is 4.71. The predicted molar refractivity (Wildman–Crippen MR) is 72.4 cm³/mol. The highest BCUT2D eigenvalue weighted by molar-refractivity contribution is 7.20. The molecule has 1 atom stereocenters. The largest absolute Gasteiger partial charge is 0.344 e. The zero-order chi connectivity index (χ0) is 12.1. The number of aryl methyl sites for hydroxylation is 1. The van der Waals surface area contributed by atoms with E-state index in [0.29, 0.717) is 0 Å². The van der Waals surface area contributed by atoms with E-state index in [4.69, 9.17) is 0 Å². The maximum absolute atomic E-state index is 4.65. The van der Waals surface area contributed by atoms with Gasteiger partial charge in [0.2, 0.25) is 10.1 Å². The van der Waals surface area contributed by atoms with Gasteiger partial charge in [0, 0.05) is 25.7 Å². The number of piperazine rings is 1. The first-order valence-corrected chi connectivity index (χ1v) is 7.43. The van der Waals surface area contributed by atoms with E-state index >= 15 is 0 Å². The van der Waals surface area contributed by atoms with Crippen molar-refractivity contribution in [2.45, 2.75) is 25.8 Å². The predicted octanol–water partition coefficient (Wildman–Crippen LogP) is 1.38. The molecule has 2 aromatic rings. The monoisotopic (exact) mass is 263 g/mol. The smallest absolute Gasteiger partial charge is 0.214 e. The average molecular weight is 263 g/mol.